The van der Waals surface area contributed by atoms with Crippen LogP contribution in [0.15, 0.2) is 22.7 Å². The molecule has 1 amide bonds. The number of primary amides is 1. The molecule has 0 aliphatic carbocycles. The Hall–Kier alpha value is -1.03. The van der Waals surface area contributed by atoms with Crippen molar-refractivity contribution in [1.82, 2.24) is 0 Å². The molecular weight excluding hydrogens is 234 g/mol. The number of amides is 1. The predicted octanol–water partition coefficient (Wildman–Crippen LogP) is 1.95. The average molecular weight is 244 g/mol. The molecule has 3 nitrogen and oxygen atoms in total. The van der Waals surface area contributed by atoms with E-state index in [4.69, 9.17) is 10.5 Å². The van der Waals surface area contributed by atoms with Crippen LogP contribution in [0.3, 0.4) is 0 Å². The minimum atomic E-state index is -0.451. The third-order valence-corrected chi connectivity index (χ3v) is 2.17. The average Bonchev–Trinajstić information content (AvgIpc) is 2.08. The number of ether oxygens (including phenoxy) is 1. The molecular formula is C9H10BrNO2. The third kappa shape index (κ3) is 2.45. The van der Waals surface area contributed by atoms with Crippen molar-refractivity contribution in [2.45, 2.75) is 6.92 Å². The minimum absolute atomic E-state index is 0.451. The lowest BCUT2D eigenvalue weighted by molar-refractivity contribution is 0.1000. The van der Waals surface area contributed by atoms with Gasteiger partial charge in [-0.15, -0.1) is 0 Å². The first-order valence-electron chi connectivity index (χ1n) is 3.87. The summed E-state index contributed by atoms with van der Waals surface area (Å²) in [4.78, 5) is 10.8. The molecule has 1 aromatic rings. The fourth-order valence-corrected chi connectivity index (χ4v) is 1.28. The van der Waals surface area contributed by atoms with Crippen molar-refractivity contribution < 1.29 is 9.53 Å². The molecule has 2 N–H and O–H groups in total. The highest BCUT2D eigenvalue weighted by molar-refractivity contribution is 9.10. The highest BCUT2D eigenvalue weighted by atomic mass is 79.9. The van der Waals surface area contributed by atoms with E-state index in [9.17, 15) is 4.79 Å². The Bertz CT molecular complexity index is 325. The largest absolute Gasteiger partial charge is 0.493 e. The fourth-order valence-electron chi connectivity index (χ4n) is 0.923. The number of benzene rings is 1. The van der Waals surface area contributed by atoms with Crippen LogP contribution < -0.4 is 10.5 Å². The zero-order chi connectivity index (χ0) is 9.84. The molecule has 4 heteroatoms. The molecule has 1 rings (SSSR count). The van der Waals surface area contributed by atoms with Crippen molar-refractivity contribution >= 4 is 21.8 Å². The first kappa shape index (κ1) is 10.1. The first-order chi connectivity index (χ1) is 6.15. The molecule has 0 bridgehead atoms. The molecule has 70 valence electrons. The topological polar surface area (TPSA) is 52.3 Å². The van der Waals surface area contributed by atoms with Gasteiger partial charge in [0.05, 0.1) is 11.1 Å². The molecule has 0 aliphatic rings. The van der Waals surface area contributed by atoms with Gasteiger partial charge in [-0.1, -0.05) is 0 Å². The van der Waals surface area contributed by atoms with Gasteiger partial charge in [-0.05, 0) is 41.1 Å². The number of nitrogens with two attached hydrogens (primary N) is 1. The second kappa shape index (κ2) is 4.28. The standard InChI is InChI=1S/C9H10BrNO2/c1-2-13-8-5-6(9(11)12)3-4-7(8)10/h3-5H,2H2,1H3,(H2,11,12). The maximum absolute atomic E-state index is 10.8. The maximum atomic E-state index is 10.8. The van der Waals surface area contributed by atoms with E-state index in [1.54, 1.807) is 18.2 Å². The first-order valence-corrected chi connectivity index (χ1v) is 4.66. The van der Waals surface area contributed by atoms with Gasteiger partial charge in [0.15, 0.2) is 0 Å². The zero-order valence-electron chi connectivity index (χ0n) is 7.21. The fraction of sp³-hybridized carbons (Fsp3) is 0.222. The Morgan fingerprint density at radius 1 is 1.62 bits per heavy atom. The lowest BCUT2D eigenvalue weighted by Crippen LogP contribution is -2.10. The zero-order valence-corrected chi connectivity index (χ0v) is 8.80. The van der Waals surface area contributed by atoms with Crippen LogP contribution in [-0.2, 0) is 0 Å². The molecule has 0 spiro atoms. The van der Waals surface area contributed by atoms with Crippen molar-refractivity contribution in [1.29, 1.82) is 0 Å². The van der Waals surface area contributed by atoms with Gasteiger partial charge in [0.1, 0.15) is 5.75 Å². The number of rotatable bonds is 3. The summed E-state index contributed by atoms with van der Waals surface area (Å²) in [5, 5.41) is 0. The number of carbonyl (C=O) groups excluding carboxylic acids is 1. The summed E-state index contributed by atoms with van der Waals surface area (Å²) in [5.41, 5.74) is 5.57. The summed E-state index contributed by atoms with van der Waals surface area (Å²) in [5.74, 6) is 0.187. The van der Waals surface area contributed by atoms with Crippen LogP contribution in [0.2, 0.25) is 0 Å². The van der Waals surface area contributed by atoms with Crippen LogP contribution in [0, 0.1) is 0 Å². The predicted molar refractivity (Wildman–Crippen MR) is 53.8 cm³/mol. The lowest BCUT2D eigenvalue weighted by atomic mass is 10.2. The molecule has 13 heavy (non-hydrogen) atoms. The Morgan fingerprint density at radius 3 is 2.85 bits per heavy atom. The van der Waals surface area contributed by atoms with Crippen LogP contribution in [0.25, 0.3) is 0 Å². The summed E-state index contributed by atoms with van der Waals surface area (Å²) < 4.78 is 6.09. The smallest absolute Gasteiger partial charge is 0.248 e. The molecule has 0 saturated carbocycles. The third-order valence-electron chi connectivity index (χ3n) is 1.52. The van der Waals surface area contributed by atoms with Crippen LogP contribution in [-0.4, -0.2) is 12.5 Å². The molecule has 1 aromatic carbocycles. The molecule has 0 aromatic heterocycles. The van der Waals surface area contributed by atoms with Gasteiger partial charge < -0.3 is 10.5 Å². The second-order valence-electron chi connectivity index (χ2n) is 2.44. The summed E-state index contributed by atoms with van der Waals surface area (Å²) >= 11 is 3.30. The van der Waals surface area contributed by atoms with Gasteiger partial charge in [-0.3, -0.25) is 4.79 Å². The van der Waals surface area contributed by atoms with Crippen LogP contribution in [0.5, 0.6) is 5.75 Å². The molecule has 0 saturated heterocycles. The quantitative estimate of drug-likeness (QED) is 0.883. The number of hydrogen-bond acceptors (Lipinski definition) is 2. The van der Waals surface area contributed by atoms with Crippen LogP contribution in [0.1, 0.15) is 17.3 Å². The Labute approximate surface area is 85.0 Å². The second-order valence-corrected chi connectivity index (χ2v) is 3.30. The highest BCUT2D eigenvalue weighted by Gasteiger charge is 2.05. The van der Waals surface area contributed by atoms with Gasteiger partial charge >= 0.3 is 0 Å². The van der Waals surface area contributed by atoms with Gasteiger partial charge in [-0.2, -0.15) is 0 Å². The van der Waals surface area contributed by atoms with Crippen molar-refractivity contribution in [2.75, 3.05) is 6.61 Å². The Morgan fingerprint density at radius 2 is 2.31 bits per heavy atom. The van der Waals surface area contributed by atoms with E-state index in [1.807, 2.05) is 6.92 Å². The van der Waals surface area contributed by atoms with Crippen LogP contribution >= 0.6 is 15.9 Å². The Kier molecular flexibility index (Phi) is 3.31. The minimum Gasteiger partial charge on any atom is -0.493 e. The molecule has 0 fully saturated rings. The van der Waals surface area contributed by atoms with E-state index < -0.39 is 5.91 Å². The van der Waals surface area contributed by atoms with Crippen molar-refractivity contribution in [3.05, 3.63) is 28.2 Å². The summed E-state index contributed by atoms with van der Waals surface area (Å²) in [6.07, 6.45) is 0. The van der Waals surface area contributed by atoms with E-state index in [0.29, 0.717) is 17.9 Å². The molecule has 0 unspecified atom stereocenters. The summed E-state index contributed by atoms with van der Waals surface area (Å²) in [6, 6.07) is 5.01. The molecule has 0 atom stereocenters. The lowest BCUT2D eigenvalue weighted by Gasteiger charge is -2.06. The molecule has 0 radical (unpaired) electrons. The summed E-state index contributed by atoms with van der Waals surface area (Å²) in [6.45, 7) is 2.43. The van der Waals surface area contributed by atoms with Gasteiger partial charge in [-0.25, -0.2) is 0 Å². The maximum Gasteiger partial charge on any atom is 0.248 e. The van der Waals surface area contributed by atoms with E-state index in [2.05, 4.69) is 15.9 Å². The van der Waals surface area contributed by atoms with E-state index >= 15 is 0 Å². The number of carbonyl (C=O) groups is 1. The van der Waals surface area contributed by atoms with Crippen molar-refractivity contribution in [2.24, 2.45) is 5.73 Å². The highest BCUT2D eigenvalue weighted by Crippen LogP contribution is 2.25. The molecule has 0 heterocycles. The van der Waals surface area contributed by atoms with Crippen LogP contribution in [0.4, 0.5) is 0 Å². The van der Waals surface area contributed by atoms with Gasteiger partial charge in [0.2, 0.25) is 5.91 Å². The Balaban J connectivity index is 3.03. The SMILES string of the molecule is CCOc1cc(C(N)=O)ccc1Br. The van der Waals surface area contributed by atoms with Crippen molar-refractivity contribution in [3.8, 4) is 5.75 Å². The van der Waals surface area contributed by atoms with Crippen molar-refractivity contribution in [3.63, 3.8) is 0 Å². The van der Waals surface area contributed by atoms with E-state index in [0.717, 1.165) is 4.47 Å². The van der Waals surface area contributed by atoms with E-state index in [-0.39, 0.29) is 0 Å². The van der Waals surface area contributed by atoms with Gasteiger partial charge in [0.25, 0.3) is 0 Å². The number of hydrogen-bond donors (Lipinski definition) is 1. The normalized spacial score (nSPS) is 9.69. The number of halogens is 1. The molecule has 0 aliphatic heterocycles. The monoisotopic (exact) mass is 243 g/mol. The van der Waals surface area contributed by atoms with Gasteiger partial charge in [0, 0.05) is 5.56 Å². The summed E-state index contributed by atoms with van der Waals surface area (Å²) in [7, 11) is 0. The van der Waals surface area contributed by atoms with E-state index in [1.165, 1.54) is 0 Å².